The van der Waals surface area contributed by atoms with E-state index in [1.165, 1.54) is 0 Å². The second kappa shape index (κ2) is 9.77. The van der Waals surface area contributed by atoms with E-state index in [0.29, 0.717) is 35.3 Å². The molecule has 0 bridgehead atoms. The molecule has 3 heterocycles. The summed E-state index contributed by atoms with van der Waals surface area (Å²) in [5.74, 6) is 1.14. The van der Waals surface area contributed by atoms with Crippen LogP contribution in [0.2, 0.25) is 0 Å². The van der Waals surface area contributed by atoms with Crippen LogP contribution in [0.25, 0.3) is 16.4 Å². The van der Waals surface area contributed by atoms with Crippen molar-refractivity contribution < 1.29 is 4.79 Å². The summed E-state index contributed by atoms with van der Waals surface area (Å²) >= 11 is 0. The van der Waals surface area contributed by atoms with Gasteiger partial charge in [0.05, 0.1) is 5.56 Å². The third kappa shape index (κ3) is 4.72. The first kappa shape index (κ1) is 21.7. The van der Waals surface area contributed by atoms with Crippen molar-refractivity contribution in [2.45, 2.75) is 46.1 Å². The number of nitrogens with one attached hydrogen (secondary N) is 1. The van der Waals surface area contributed by atoms with Crippen molar-refractivity contribution in [3.63, 3.8) is 0 Å². The highest BCUT2D eigenvalue weighted by atomic mass is 16.2. The largest absolute Gasteiger partial charge is 0.352 e. The molecular formula is C25H29N5O2. The molecule has 7 nitrogen and oxygen atoms in total. The average Bonchev–Trinajstić information content (AvgIpc) is 3.21. The maximum Gasteiger partial charge on any atom is 0.258 e. The molecule has 1 amide bonds. The number of unbranched alkanes of at least 4 members (excludes halogenated alkanes) is 2. The highest BCUT2D eigenvalue weighted by Crippen LogP contribution is 2.16. The van der Waals surface area contributed by atoms with Gasteiger partial charge in [-0.05, 0) is 37.0 Å². The topological polar surface area (TPSA) is 81.3 Å². The number of hydrogen-bond acceptors (Lipinski definition) is 4. The molecule has 0 aliphatic rings. The number of nitrogens with zero attached hydrogens (tertiary/aromatic N) is 4. The summed E-state index contributed by atoms with van der Waals surface area (Å²) in [6.07, 6.45) is 7.38. The van der Waals surface area contributed by atoms with Crippen LogP contribution in [0.3, 0.4) is 0 Å². The van der Waals surface area contributed by atoms with Crippen LogP contribution in [0.4, 0.5) is 0 Å². The van der Waals surface area contributed by atoms with Crippen molar-refractivity contribution in [2.24, 2.45) is 5.92 Å². The zero-order valence-electron chi connectivity index (χ0n) is 18.6. The van der Waals surface area contributed by atoms with E-state index in [2.05, 4.69) is 29.4 Å². The van der Waals surface area contributed by atoms with Crippen LogP contribution < -0.4 is 10.9 Å². The van der Waals surface area contributed by atoms with E-state index in [0.717, 1.165) is 37.2 Å². The van der Waals surface area contributed by atoms with E-state index in [4.69, 9.17) is 0 Å². The van der Waals surface area contributed by atoms with Gasteiger partial charge in [0.2, 0.25) is 0 Å². The lowest BCUT2D eigenvalue weighted by molar-refractivity contribution is 0.0953. The summed E-state index contributed by atoms with van der Waals surface area (Å²) in [6.45, 7) is 5.30. The van der Waals surface area contributed by atoms with Gasteiger partial charge in [0, 0.05) is 42.7 Å². The number of aryl methyl sites for hydroxylation is 1. The van der Waals surface area contributed by atoms with Crippen molar-refractivity contribution in [1.29, 1.82) is 0 Å². The van der Waals surface area contributed by atoms with Crippen LogP contribution >= 0.6 is 0 Å². The van der Waals surface area contributed by atoms with Crippen LogP contribution in [-0.4, -0.2) is 31.6 Å². The predicted octanol–water partition coefficient (Wildman–Crippen LogP) is 3.84. The molecule has 166 valence electrons. The van der Waals surface area contributed by atoms with Gasteiger partial charge in [-0.2, -0.15) is 0 Å². The molecule has 0 fully saturated rings. The number of aromatic nitrogens is 4. The minimum Gasteiger partial charge on any atom is -0.352 e. The fraction of sp³-hybridized carbons (Fsp3) is 0.360. The van der Waals surface area contributed by atoms with Crippen LogP contribution in [0.5, 0.6) is 0 Å². The summed E-state index contributed by atoms with van der Waals surface area (Å²) in [5, 5.41) is 12.8. The van der Waals surface area contributed by atoms with E-state index in [1.807, 2.05) is 47.0 Å². The van der Waals surface area contributed by atoms with E-state index in [1.54, 1.807) is 16.8 Å². The Balaban J connectivity index is 1.35. The minimum atomic E-state index is -0.137. The number of fused-ring (bicyclic) bond motifs is 2. The molecule has 7 heteroatoms. The summed E-state index contributed by atoms with van der Waals surface area (Å²) in [5.41, 5.74) is 1.36. The second-order valence-corrected chi connectivity index (χ2v) is 8.55. The minimum absolute atomic E-state index is 0.0492. The molecular weight excluding hydrogens is 402 g/mol. The summed E-state index contributed by atoms with van der Waals surface area (Å²) in [7, 11) is 0. The van der Waals surface area contributed by atoms with Gasteiger partial charge in [0.25, 0.3) is 11.5 Å². The number of benzene rings is 1. The average molecular weight is 432 g/mol. The Hall–Kier alpha value is -3.48. The molecule has 4 rings (SSSR count). The Labute approximate surface area is 187 Å². The molecule has 0 aliphatic carbocycles. The monoisotopic (exact) mass is 431 g/mol. The molecule has 0 saturated heterocycles. The molecule has 0 radical (unpaired) electrons. The number of pyridine rings is 2. The first-order chi connectivity index (χ1) is 15.5. The van der Waals surface area contributed by atoms with Crippen molar-refractivity contribution >= 4 is 22.3 Å². The van der Waals surface area contributed by atoms with E-state index in [-0.39, 0.29) is 11.5 Å². The van der Waals surface area contributed by atoms with Crippen LogP contribution in [-0.2, 0) is 13.0 Å². The van der Waals surface area contributed by atoms with Crippen LogP contribution in [0.1, 0.15) is 49.3 Å². The van der Waals surface area contributed by atoms with E-state index < -0.39 is 0 Å². The van der Waals surface area contributed by atoms with Crippen LogP contribution in [0, 0.1) is 5.92 Å². The zero-order chi connectivity index (χ0) is 22.5. The molecule has 1 N–H and O–H groups in total. The molecule has 1 aromatic carbocycles. The second-order valence-electron chi connectivity index (χ2n) is 8.55. The van der Waals surface area contributed by atoms with Gasteiger partial charge in [-0.1, -0.05) is 44.5 Å². The smallest absolute Gasteiger partial charge is 0.258 e. The van der Waals surface area contributed by atoms with E-state index >= 15 is 0 Å². The highest BCUT2D eigenvalue weighted by Gasteiger charge is 2.15. The standard InChI is InChI=1S/C25H29N5O2/c1-18(2)16-29-17-21(19-10-5-6-11-20(19)25(29)32)24(31)26-14-8-3-4-12-22-27-28-23-13-7-9-15-30(22)23/h5-7,9-11,13,15,17-18H,3-4,8,12,14,16H2,1-2H3,(H,26,31). The van der Waals surface area contributed by atoms with Gasteiger partial charge < -0.3 is 9.88 Å². The van der Waals surface area contributed by atoms with E-state index in [9.17, 15) is 9.59 Å². The van der Waals surface area contributed by atoms with Gasteiger partial charge in [-0.15, -0.1) is 10.2 Å². The van der Waals surface area contributed by atoms with Crippen molar-refractivity contribution in [3.8, 4) is 0 Å². The lowest BCUT2D eigenvalue weighted by atomic mass is 10.1. The molecule has 0 spiro atoms. The zero-order valence-corrected chi connectivity index (χ0v) is 18.6. The Kier molecular flexibility index (Phi) is 6.63. The molecule has 0 saturated carbocycles. The third-order valence-corrected chi connectivity index (χ3v) is 5.55. The van der Waals surface area contributed by atoms with Gasteiger partial charge in [-0.25, -0.2) is 0 Å². The van der Waals surface area contributed by atoms with Gasteiger partial charge in [-0.3, -0.25) is 14.0 Å². The lowest BCUT2D eigenvalue weighted by Crippen LogP contribution is -2.29. The third-order valence-electron chi connectivity index (χ3n) is 5.55. The molecule has 32 heavy (non-hydrogen) atoms. The Bertz CT molecular complexity index is 1290. The molecule has 0 atom stereocenters. The highest BCUT2D eigenvalue weighted by molar-refractivity contribution is 6.06. The number of amides is 1. The van der Waals surface area contributed by atoms with Crippen molar-refractivity contribution in [3.05, 3.63) is 76.6 Å². The number of carbonyl (C=O) groups is 1. The first-order valence-corrected chi connectivity index (χ1v) is 11.2. The summed E-state index contributed by atoms with van der Waals surface area (Å²) < 4.78 is 3.67. The summed E-state index contributed by atoms with van der Waals surface area (Å²) in [4.78, 5) is 25.7. The quantitative estimate of drug-likeness (QED) is 0.408. The first-order valence-electron chi connectivity index (χ1n) is 11.2. The fourth-order valence-electron chi connectivity index (χ4n) is 4.00. The Morgan fingerprint density at radius 3 is 2.59 bits per heavy atom. The van der Waals surface area contributed by atoms with Crippen LogP contribution in [0.15, 0.2) is 59.7 Å². The van der Waals surface area contributed by atoms with Gasteiger partial charge in [0.15, 0.2) is 5.65 Å². The van der Waals surface area contributed by atoms with Crippen molar-refractivity contribution in [2.75, 3.05) is 6.54 Å². The molecule has 0 aliphatic heterocycles. The number of hydrogen-bond donors (Lipinski definition) is 1. The summed E-state index contributed by atoms with van der Waals surface area (Å²) in [6, 6.07) is 13.2. The Morgan fingerprint density at radius 1 is 1.00 bits per heavy atom. The van der Waals surface area contributed by atoms with Gasteiger partial charge in [0.1, 0.15) is 5.82 Å². The van der Waals surface area contributed by atoms with Gasteiger partial charge >= 0.3 is 0 Å². The fourth-order valence-corrected chi connectivity index (χ4v) is 4.00. The number of rotatable bonds is 9. The predicted molar refractivity (Wildman–Crippen MR) is 126 cm³/mol. The van der Waals surface area contributed by atoms with Crippen molar-refractivity contribution in [1.82, 2.24) is 24.5 Å². The lowest BCUT2D eigenvalue weighted by Gasteiger charge is -2.14. The Morgan fingerprint density at radius 2 is 1.78 bits per heavy atom. The molecule has 4 aromatic rings. The molecule has 3 aromatic heterocycles. The number of carbonyl (C=O) groups excluding carboxylic acids is 1. The molecule has 0 unspecified atom stereocenters. The normalized spacial score (nSPS) is 11.5. The maximum atomic E-state index is 12.9. The maximum absolute atomic E-state index is 12.9. The SMILES string of the molecule is CC(C)Cn1cc(C(=O)NCCCCCc2nnc3ccccn23)c2ccccc2c1=O.